The van der Waals surface area contributed by atoms with Crippen molar-refractivity contribution in [3.8, 4) is 0 Å². The van der Waals surface area contributed by atoms with Crippen LogP contribution in [0.5, 0.6) is 0 Å². The summed E-state index contributed by atoms with van der Waals surface area (Å²) in [4.78, 5) is 14.6. The maximum Gasteiger partial charge on any atom is 0.231 e. The third-order valence-corrected chi connectivity index (χ3v) is 4.41. The number of rotatable bonds is 1. The third-order valence-electron chi connectivity index (χ3n) is 4.07. The van der Waals surface area contributed by atoms with Crippen molar-refractivity contribution < 1.29 is 0 Å². The van der Waals surface area contributed by atoms with Crippen molar-refractivity contribution in [1.29, 1.82) is 0 Å². The number of piperidine rings is 1. The van der Waals surface area contributed by atoms with E-state index in [9.17, 15) is 0 Å². The highest BCUT2D eigenvalue weighted by atomic mass is 35.5. The molecule has 18 heavy (non-hydrogen) atoms. The Hall–Kier alpha value is -0.610. The normalized spacial score (nSPS) is 28.0. The van der Waals surface area contributed by atoms with Crippen LogP contribution in [0.25, 0.3) is 0 Å². The number of anilines is 1. The molecular formula is C12H16Cl2N4. The van der Waals surface area contributed by atoms with E-state index in [0.29, 0.717) is 12.0 Å². The molecule has 4 nitrogen and oxygen atoms in total. The molecule has 0 N–H and O–H groups in total. The standard InChI is InChI=1S/C12H16Cl2N4/c13-10-15-11(14)17-12(16-10)18-7-3-5-8-4-1-2-6-9(8)18/h8-9H,1-7H2/t8-,9-/m1/s1. The molecule has 1 saturated heterocycles. The molecule has 98 valence electrons. The summed E-state index contributed by atoms with van der Waals surface area (Å²) in [5.74, 6) is 1.43. The first-order chi connectivity index (χ1) is 8.74. The van der Waals surface area contributed by atoms with Crippen molar-refractivity contribution in [3.05, 3.63) is 10.6 Å². The monoisotopic (exact) mass is 286 g/mol. The van der Waals surface area contributed by atoms with E-state index in [1.165, 1.54) is 38.5 Å². The second-order valence-corrected chi connectivity index (χ2v) is 5.80. The Morgan fingerprint density at radius 3 is 2.33 bits per heavy atom. The van der Waals surface area contributed by atoms with Crippen LogP contribution in [0.3, 0.4) is 0 Å². The molecule has 0 amide bonds. The van der Waals surface area contributed by atoms with Crippen molar-refractivity contribution in [1.82, 2.24) is 15.0 Å². The van der Waals surface area contributed by atoms with Gasteiger partial charge >= 0.3 is 0 Å². The van der Waals surface area contributed by atoms with Gasteiger partial charge in [0, 0.05) is 12.6 Å². The van der Waals surface area contributed by atoms with Gasteiger partial charge in [0.05, 0.1) is 0 Å². The minimum absolute atomic E-state index is 0.183. The summed E-state index contributed by atoms with van der Waals surface area (Å²) in [7, 11) is 0. The molecule has 0 radical (unpaired) electrons. The first-order valence-corrected chi connectivity index (χ1v) is 7.33. The molecular weight excluding hydrogens is 271 g/mol. The molecule has 1 aromatic heterocycles. The predicted molar refractivity (Wildman–Crippen MR) is 72.2 cm³/mol. The van der Waals surface area contributed by atoms with Gasteiger partial charge in [-0.3, -0.25) is 0 Å². The molecule has 2 aliphatic rings. The zero-order chi connectivity index (χ0) is 12.5. The van der Waals surface area contributed by atoms with Gasteiger partial charge in [0.25, 0.3) is 0 Å². The highest BCUT2D eigenvalue weighted by Crippen LogP contribution is 2.36. The van der Waals surface area contributed by atoms with Crippen LogP contribution < -0.4 is 4.90 Å². The van der Waals surface area contributed by atoms with Crippen molar-refractivity contribution >= 4 is 29.2 Å². The second-order valence-electron chi connectivity index (χ2n) is 5.12. The molecule has 2 fully saturated rings. The lowest BCUT2D eigenvalue weighted by Gasteiger charge is -2.44. The Bertz CT molecular complexity index is 418. The van der Waals surface area contributed by atoms with Gasteiger partial charge in [-0.05, 0) is 54.8 Å². The molecule has 0 spiro atoms. The Balaban J connectivity index is 1.89. The Labute approximate surface area is 117 Å². The van der Waals surface area contributed by atoms with Gasteiger partial charge in [0.15, 0.2) is 0 Å². The summed E-state index contributed by atoms with van der Waals surface area (Å²) in [6, 6.07) is 0.557. The fourth-order valence-electron chi connectivity index (χ4n) is 3.32. The quantitative estimate of drug-likeness (QED) is 0.794. The number of hydrogen-bond donors (Lipinski definition) is 0. The Morgan fingerprint density at radius 1 is 0.889 bits per heavy atom. The molecule has 6 heteroatoms. The molecule has 2 atom stereocenters. The zero-order valence-electron chi connectivity index (χ0n) is 10.1. The lowest BCUT2D eigenvalue weighted by Crippen LogP contribution is -2.47. The van der Waals surface area contributed by atoms with E-state index < -0.39 is 0 Å². The van der Waals surface area contributed by atoms with E-state index >= 15 is 0 Å². The van der Waals surface area contributed by atoms with Crippen LogP contribution in [0.4, 0.5) is 5.95 Å². The summed E-state index contributed by atoms with van der Waals surface area (Å²) in [5.41, 5.74) is 0. The lowest BCUT2D eigenvalue weighted by atomic mass is 9.78. The topological polar surface area (TPSA) is 41.9 Å². The summed E-state index contributed by atoms with van der Waals surface area (Å²) in [6.07, 6.45) is 7.73. The van der Waals surface area contributed by atoms with Gasteiger partial charge in [-0.25, -0.2) is 0 Å². The SMILES string of the molecule is Clc1nc(Cl)nc(N2CCC[C@H]3CCCC[C@H]32)n1. The predicted octanol–water partition coefficient (Wildman–Crippen LogP) is 3.34. The molecule has 0 aromatic carbocycles. The van der Waals surface area contributed by atoms with Crippen molar-refractivity contribution in [2.24, 2.45) is 5.92 Å². The fourth-order valence-corrected chi connectivity index (χ4v) is 3.67. The van der Waals surface area contributed by atoms with Gasteiger partial charge in [-0.15, -0.1) is 0 Å². The van der Waals surface area contributed by atoms with Crippen molar-refractivity contribution in [2.75, 3.05) is 11.4 Å². The average molecular weight is 287 g/mol. The molecule has 0 unspecified atom stereocenters. The van der Waals surface area contributed by atoms with Crippen LogP contribution in [-0.4, -0.2) is 27.5 Å². The number of nitrogens with zero attached hydrogens (tertiary/aromatic N) is 4. The van der Waals surface area contributed by atoms with Crippen molar-refractivity contribution in [2.45, 2.75) is 44.6 Å². The summed E-state index contributed by atoms with van der Waals surface area (Å²) >= 11 is 11.7. The van der Waals surface area contributed by atoms with Crippen LogP contribution in [0, 0.1) is 5.92 Å². The smallest absolute Gasteiger partial charge is 0.231 e. The van der Waals surface area contributed by atoms with Gasteiger partial charge in [-0.1, -0.05) is 12.8 Å². The zero-order valence-corrected chi connectivity index (χ0v) is 11.7. The number of aromatic nitrogens is 3. The van der Waals surface area contributed by atoms with E-state index in [1.54, 1.807) is 0 Å². The van der Waals surface area contributed by atoms with Crippen LogP contribution in [0.1, 0.15) is 38.5 Å². The van der Waals surface area contributed by atoms with Gasteiger partial charge in [0.1, 0.15) is 0 Å². The van der Waals surface area contributed by atoms with E-state index in [2.05, 4.69) is 19.9 Å². The molecule has 1 saturated carbocycles. The second kappa shape index (κ2) is 5.17. The lowest BCUT2D eigenvalue weighted by molar-refractivity contribution is 0.241. The number of halogens is 2. The number of hydrogen-bond acceptors (Lipinski definition) is 4. The van der Waals surface area contributed by atoms with Gasteiger partial charge < -0.3 is 4.90 Å². The molecule has 1 aliphatic carbocycles. The van der Waals surface area contributed by atoms with E-state index in [4.69, 9.17) is 23.2 Å². The summed E-state index contributed by atoms with van der Waals surface area (Å²) < 4.78 is 0. The highest BCUT2D eigenvalue weighted by molar-refractivity contribution is 6.31. The Kier molecular flexibility index (Phi) is 3.57. The van der Waals surface area contributed by atoms with E-state index in [0.717, 1.165) is 12.5 Å². The maximum atomic E-state index is 5.87. The van der Waals surface area contributed by atoms with E-state index in [1.807, 2.05) is 0 Å². The molecule has 0 bridgehead atoms. The maximum absolute atomic E-state index is 5.87. The van der Waals surface area contributed by atoms with Crippen LogP contribution >= 0.6 is 23.2 Å². The van der Waals surface area contributed by atoms with E-state index in [-0.39, 0.29) is 10.6 Å². The van der Waals surface area contributed by atoms with Crippen molar-refractivity contribution in [3.63, 3.8) is 0 Å². The van der Waals surface area contributed by atoms with Crippen LogP contribution in [-0.2, 0) is 0 Å². The molecule has 3 rings (SSSR count). The fraction of sp³-hybridized carbons (Fsp3) is 0.750. The number of fused-ring (bicyclic) bond motifs is 1. The van der Waals surface area contributed by atoms with Gasteiger partial charge in [-0.2, -0.15) is 15.0 Å². The average Bonchev–Trinajstić information content (AvgIpc) is 2.37. The first-order valence-electron chi connectivity index (χ1n) is 6.58. The summed E-state index contributed by atoms with van der Waals surface area (Å²) in [5, 5.41) is 0.367. The first kappa shape index (κ1) is 12.4. The molecule has 1 aliphatic heterocycles. The van der Waals surface area contributed by atoms with Crippen LogP contribution in [0.15, 0.2) is 0 Å². The minimum atomic E-state index is 0.183. The largest absolute Gasteiger partial charge is 0.337 e. The van der Waals surface area contributed by atoms with Crippen LogP contribution in [0.2, 0.25) is 10.6 Å². The Morgan fingerprint density at radius 2 is 1.56 bits per heavy atom. The molecule has 1 aromatic rings. The molecule has 2 heterocycles. The third kappa shape index (κ3) is 2.41. The highest BCUT2D eigenvalue weighted by Gasteiger charge is 2.34. The minimum Gasteiger partial charge on any atom is -0.337 e. The summed E-state index contributed by atoms with van der Waals surface area (Å²) in [6.45, 7) is 0.998. The van der Waals surface area contributed by atoms with Gasteiger partial charge in [0.2, 0.25) is 16.5 Å².